The molecule has 4 nitrogen and oxygen atoms in total. The first kappa shape index (κ1) is 30.8. The summed E-state index contributed by atoms with van der Waals surface area (Å²) in [6.45, 7) is 14.6. The zero-order valence-corrected chi connectivity index (χ0v) is 24.7. The van der Waals surface area contributed by atoms with Crippen molar-refractivity contribution in [1.82, 2.24) is 15.6 Å². The van der Waals surface area contributed by atoms with E-state index in [0.717, 1.165) is 50.6 Å². The Morgan fingerprint density at radius 1 is 1.13 bits per heavy atom. The summed E-state index contributed by atoms with van der Waals surface area (Å²) in [5.41, 5.74) is 8.09. The van der Waals surface area contributed by atoms with Crippen molar-refractivity contribution >= 4 is 24.6 Å². The number of aromatic nitrogens is 1. The molecule has 39 heavy (non-hydrogen) atoms. The minimum absolute atomic E-state index is 0.284. The molecule has 2 heterocycles. The smallest absolute Gasteiger partial charge is 0.207 e. The van der Waals surface area contributed by atoms with E-state index in [2.05, 4.69) is 106 Å². The molecule has 1 aliphatic heterocycles. The van der Waals surface area contributed by atoms with Gasteiger partial charge in [-0.15, -0.1) is 0 Å². The molecule has 5 rings (SSSR count). The number of H-pyrrole nitrogens is 1. The predicted octanol–water partition coefficient (Wildman–Crippen LogP) is 7.78. The number of aromatic amines is 1. The molecule has 1 amide bonds. The van der Waals surface area contributed by atoms with Crippen molar-refractivity contribution in [3.63, 3.8) is 0 Å². The van der Waals surface area contributed by atoms with E-state index >= 15 is 0 Å². The second-order valence-electron chi connectivity index (χ2n) is 11.4. The van der Waals surface area contributed by atoms with Crippen molar-refractivity contribution in [3.8, 4) is 0 Å². The minimum atomic E-state index is 0.284. The van der Waals surface area contributed by atoms with Gasteiger partial charge in [-0.05, 0) is 68.1 Å². The summed E-state index contributed by atoms with van der Waals surface area (Å²) < 4.78 is 0. The Balaban J connectivity index is 0.000000191. The number of aryl methyl sites for hydroxylation is 1. The number of hydrogen-bond donors (Lipinski definition) is 3. The average Bonchev–Trinajstić information content (AvgIpc) is 3.32. The third kappa shape index (κ3) is 9.42. The van der Waals surface area contributed by atoms with Crippen molar-refractivity contribution in [2.45, 2.75) is 84.9 Å². The number of carbonyl (C=O) groups excluding carboxylic acids is 1. The SMILES string of the molecule is C=C1CC(C)CC(CCNC=O)C1.C[B]CCCC.Cc1ccc(C2NCCc3c2[nH]c2ccccc32)cc1. The van der Waals surface area contributed by atoms with Gasteiger partial charge in [0.25, 0.3) is 0 Å². The van der Waals surface area contributed by atoms with Gasteiger partial charge in [0, 0.05) is 29.7 Å². The normalized spacial score (nSPS) is 20.1. The van der Waals surface area contributed by atoms with Gasteiger partial charge in [0.15, 0.2) is 0 Å². The molecule has 2 aliphatic rings. The van der Waals surface area contributed by atoms with Gasteiger partial charge in [-0.3, -0.25) is 4.79 Å². The van der Waals surface area contributed by atoms with E-state index in [1.54, 1.807) is 0 Å². The molecular weight excluding hydrogens is 477 g/mol. The highest BCUT2D eigenvalue weighted by Crippen LogP contribution is 2.34. The first-order chi connectivity index (χ1) is 19.0. The first-order valence-electron chi connectivity index (χ1n) is 15.0. The van der Waals surface area contributed by atoms with Crippen molar-refractivity contribution < 1.29 is 4.79 Å². The second kappa shape index (κ2) is 16.3. The van der Waals surface area contributed by atoms with Gasteiger partial charge in [0.05, 0.1) is 6.04 Å². The lowest BCUT2D eigenvalue weighted by Crippen LogP contribution is -2.30. The minimum Gasteiger partial charge on any atom is -0.359 e. The molecule has 3 atom stereocenters. The Kier molecular flexibility index (Phi) is 12.9. The topological polar surface area (TPSA) is 56.9 Å². The van der Waals surface area contributed by atoms with E-state index in [4.69, 9.17) is 0 Å². The number of unbranched alkanes of at least 4 members (excludes halogenated alkanes) is 1. The molecule has 3 unspecified atom stereocenters. The number of hydrogen-bond acceptors (Lipinski definition) is 2. The van der Waals surface area contributed by atoms with Crippen LogP contribution in [0.2, 0.25) is 13.1 Å². The Labute approximate surface area is 237 Å². The summed E-state index contributed by atoms with van der Waals surface area (Å²) in [6.07, 6.45) is 10.6. The largest absolute Gasteiger partial charge is 0.359 e. The number of benzene rings is 2. The third-order valence-electron chi connectivity index (χ3n) is 7.85. The van der Waals surface area contributed by atoms with Crippen molar-refractivity contribution in [3.05, 3.63) is 83.1 Å². The molecule has 2 aromatic carbocycles. The predicted molar refractivity (Wildman–Crippen MR) is 169 cm³/mol. The molecule has 1 radical (unpaired) electrons. The maximum absolute atomic E-state index is 10.0. The Morgan fingerprint density at radius 3 is 2.56 bits per heavy atom. The molecule has 0 saturated heterocycles. The van der Waals surface area contributed by atoms with Crippen LogP contribution in [0.1, 0.15) is 80.8 Å². The molecule has 0 bridgehead atoms. The van der Waals surface area contributed by atoms with E-state index in [1.165, 1.54) is 70.9 Å². The van der Waals surface area contributed by atoms with Crippen molar-refractivity contribution in [2.75, 3.05) is 13.1 Å². The maximum atomic E-state index is 10.0. The van der Waals surface area contributed by atoms with E-state index in [0.29, 0.717) is 0 Å². The molecule has 209 valence electrons. The molecule has 1 aliphatic carbocycles. The summed E-state index contributed by atoms with van der Waals surface area (Å²) in [5.74, 6) is 1.52. The first-order valence-corrected chi connectivity index (χ1v) is 15.0. The number of nitrogens with one attached hydrogen (secondary N) is 3. The lowest BCUT2D eigenvalue weighted by Gasteiger charge is -2.28. The quantitative estimate of drug-likeness (QED) is 0.121. The molecule has 0 spiro atoms. The Hall–Kier alpha value is -2.79. The molecule has 5 heteroatoms. The van der Waals surface area contributed by atoms with Crippen LogP contribution in [0.3, 0.4) is 0 Å². The van der Waals surface area contributed by atoms with Gasteiger partial charge in [0.1, 0.15) is 7.28 Å². The van der Waals surface area contributed by atoms with Gasteiger partial charge in [-0.1, -0.05) is 100 Å². The van der Waals surface area contributed by atoms with Crippen LogP contribution in [-0.2, 0) is 11.2 Å². The molecule has 1 fully saturated rings. The number of carbonyl (C=O) groups is 1. The fourth-order valence-electron chi connectivity index (χ4n) is 5.92. The van der Waals surface area contributed by atoms with Crippen molar-refractivity contribution in [1.29, 1.82) is 0 Å². The van der Waals surface area contributed by atoms with Crippen LogP contribution in [0.25, 0.3) is 10.9 Å². The number of rotatable bonds is 8. The average molecular weight is 527 g/mol. The van der Waals surface area contributed by atoms with Crippen LogP contribution in [-0.4, -0.2) is 31.8 Å². The number of fused-ring (bicyclic) bond motifs is 3. The van der Waals surface area contributed by atoms with Gasteiger partial charge < -0.3 is 15.6 Å². The lowest BCUT2D eigenvalue weighted by atomic mass is 9.76. The molecule has 3 N–H and O–H groups in total. The summed E-state index contributed by atoms with van der Waals surface area (Å²) in [6, 6.07) is 17.7. The van der Waals surface area contributed by atoms with Crippen LogP contribution in [0, 0.1) is 18.8 Å². The zero-order valence-electron chi connectivity index (χ0n) is 24.7. The van der Waals surface area contributed by atoms with E-state index < -0.39 is 0 Å². The van der Waals surface area contributed by atoms with E-state index in [9.17, 15) is 4.79 Å². The molecular formula is C34H49BN3O. The number of amides is 1. The standard InChI is InChI=1S/C18H18N2.C11H19NO.C5H12B/c1-12-6-8-13(9-7-12)17-18-15(10-11-19-17)14-4-2-3-5-16(14)20-18;1-9-5-10(2)7-11(6-9)3-4-12-8-13;1-3-4-5-6-2/h2-9,17,19-20H,10-11H2,1H3;8,10-11H,1,3-7H2,2H3,(H,12,13);3-5H2,1-2H3. The van der Waals surface area contributed by atoms with Crippen molar-refractivity contribution in [2.24, 2.45) is 11.8 Å². The van der Waals surface area contributed by atoms with Crippen LogP contribution < -0.4 is 10.6 Å². The lowest BCUT2D eigenvalue weighted by molar-refractivity contribution is -0.109. The Morgan fingerprint density at radius 2 is 1.90 bits per heavy atom. The fraction of sp³-hybridized carbons (Fsp3) is 0.500. The van der Waals surface area contributed by atoms with Crippen LogP contribution in [0.4, 0.5) is 0 Å². The van der Waals surface area contributed by atoms with E-state index in [1.807, 2.05) is 0 Å². The van der Waals surface area contributed by atoms with Crippen LogP contribution in [0.15, 0.2) is 60.7 Å². The Bertz CT molecular complexity index is 1150. The fourth-order valence-corrected chi connectivity index (χ4v) is 5.92. The highest BCUT2D eigenvalue weighted by atomic mass is 16.1. The monoisotopic (exact) mass is 526 g/mol. The molecule has 1 saturated carbocycles. The highest BCUT2D eigenvalue weighted by molar-refractivity contribution is 6.33. The van der Waals surface area contributed by atoms with Gasteiger partial charge in [-0.2, -0.15) is 0 Å². The van der Waals surface area contributed by atoms with Gasteiger partial charge in [0.2, 0.25) is 6.41 Å². The van der Waals surface area contributed by atoms with E-state index in [-0.39, 0.29) is 6.04 Å². The summed E-state index contributed by atoms with van der Waals surface area (Å²) in [5, 5.41) is 7.73. The van der Waals surface area contributed by atoms with Gasteiger partial charge >= 0.3 is 0 Å². The van der Waals surface area contributed by atoms with Crippen LogP contribution in [0.5, 0.6) is 0 Å². The summed E-state index contributed by atoms with van der Waals surface area (Å²) in [7, 11) is 2.21. The molecule has 1 aromatic heterocycles. The van der Waals surface area contributed by atoms with Crippen LogP contribution >= 0.6 is 0 Å². The summed E-state index contributed by atoms with van der Waals surface area (Å²) in [4.78, 5) is 13.7. The number of para-hydroxylation sites is 1. The zero-order chi connectivity index (χ0) is 28.0. The summed E-state index contributed by atoms with van der Waals surface area (Å²) >= 11 is 0. The van der Waals surface area contributed by atoms with Gasteiger partial charge in [-0.25, -0.2) is 0 Å². The number of allylic oxidation sites excluding steroid dienone is 1. The molecule has 3 aromatic rings. The second-order valence-corrected chi connectivity index (χ2v) is 11.4. The third-order valence-corrected chi connectivity index (χ3v) is 7.85. The maximum Gasteiger partial charge on any atom is 0.207 e. The highest BCUT2D eigenvalue weighted by Gasteiger charge is 2.24.